The van der Waals surface area contributed by atoms with Crippen LogP contribution < -0.4 is 24.4 Å². The van der Waals surface area contributed by atoms with Crippen LogP contribution in [-0.4, -0.2) is 39.4 Å². The van der Waals surface area contributed by atoms with E-state index in [9.17, 15) is 9.59 Å². The molecule has 34 heavy (non-hydrogen) atoms. The standard InChI is InChI=1S/C25H23ClN2O6/c1-15-9-10-18(19(26)11-15)24(29)28-27-14-16-7-5-6-8-20(16)34-25(30)17-12-21(31-2)23(33-4)22(13-17)32-3/h5-14H,1-4H3,(H,28,29). The molecule has 0 fully saturated rings. The minimum atomic E-state index is -0.643. The number of hydrazone groups is 1. The molecule has 1 N–H and O–H groups in total. The summed E-state index contributed by atoms with van der Waals surface area (Å²) >= 11 is 6.13. The van der Waals surface area contributed by atoms with Gasteiger partial charge in [-0.3, -0.25) is 4.79 Å². The summed E-state index contributed by atoms with van der Waals surface area (Å²) in [5, 5.41) is 4.29. The number of methoxy groups -OCH3 is 3. The van der Waals surface area contributed by atoms with Crippen LogP contribution in [0.25, 0.3) is 0 Å². The van der Waals surface area contributed by atoms with Gasteiger partial charge in [-0.05, 0) is 48.9 Å². The largest absolute Gasteiger partial charge is 0.493 e. The quantitative estimate of drug-likeness (QED) is 0.217. The Morgan fingerprint density at radius 1 is 0.912 bits per heavy atom. The number of benzene rings is 3. The summed E-state index contributed by atoms with van der Waals surface area (Å²) in [5.74, 6) is 0.136. The lowest BCUT2D eigenvalue weighted by Gasteiger charge is -2.14. The van der Waals surface area contributed by atoms with Gasteiger partial charge in [0.25, 0.3) is 5.91 Å². The predicted molar refractivity (Wildman–Crippen MR) is 129 cm³/mol. The van der Waals surface area contributed by atoms with Gasteiger partial charge < -0.3 is 18.9 Å². The van der Waals surface area contributed by atoms with Crippen LogP contribution in [-0.2, 0) is 0 Å². The van der Waals surface area contributed by atoms with Crippen LogP contribution >= 0.6 is 11.6 Å². The van der Waals surface area contributed by atoms with Gasteiger partial charge in [0.2, 0.25) is 5.75 Å². The third kappa shape index (κ3) is 5.65. The summed E-state index contributed by atoms with van der Waals surface area (Å²) in [7, 11) is 4.38. The van der Waals surface area contributed by atoms with Crippen LogP contribution in [0.5, 0.6) is 23.0 Å². The van der Waals surface area contributed by atoms with Gasteiger partial charge in [0, 0.05) is 5.56 Å². The molecule has 176 valence electrons. The van der Waals surface area contributed by atoms with Crippen LogP contribution in [0.15, 0.2) is 59.7 Å². The number of esters is 1. The summed E-state index contributed by atoms with van der Waals surface area (Å²) in [6.07, 6.45) is 1.37. The molecule has 0 heterocycles. The molecule has 3 aromatic carbocycles. The Bertz CT molecular complexity index is 1220. The number of aryl methyl sites for hydroxylation is 1. The summed E-state index contributed by atoms with van der Waals surface area (Å²) in [4.78, 5) is 25.2. The summed E-state index contributed by atoms with van der Waals surface area (Å²) < 4.78 is 21.4. The molecule has 0 aliphatic carbocycles. The van der Waals surface area contributed by atoms with Crippen molar-refractivity contribution < 1.29 is 28.5 Å². The highest BCUT2D eigenvalue weighted by molar-refractivity contribution is 6.33. The molecule has 0 atom stereocenters. The molecular weight excluding hydrogens is 460 g/mol. The first-order valence-electron chi connectivity index (χ1n) is 10.1. The maximum atomic E-state index is 12.8. The average molecular weight is 483 g/mol. The first-order chi connectivity index (χ1) is 16.4. The average Bonchev–Trinajstić information content (AvgIpc) is 2.83. The Kier molecular flexibility index (Phi) is 8.10. The molecular formula is C25H23ClN2O6. The smallest absolute Gasteiger partial charge is 0.343 e. The van der Waals surface area contributed by atoms with E-state index >= 15 is 0 Å². The number of hydrogen-bond acceptors (Lipinski definition) is 7. The SMILES string of the molecule is COc1cc(C(=O)Oc2ccccc2C=NNC(=O)c2ccc(C)cc2Cl)cc(OC)c1OC. The maximum absolute atomic E-state index is 12.8. The van der Waals surface area contributed by atoms with E-state index in [1.165, 1.54) is 39.7 Å². The highest BCUT2D eigenvalue weighted by atomic mass is 35.5. The summed E-state index contributed by atoms with van der Waals surface area (Å²) in [5.41, 5.74) is 4.33. The van der Waals surface area contributed by atoms with Crippen molar-refractivity contribution in [3.05, 3.63) is 81.9 Å². The van der Waals surface area contributed by atoms with Gasteiger partial charge in [0.15, 0.2) is 11.5 Å². The van der Waals surface area contributed by atoms with E-state index in [0.29, 0.717) is 33.4 Å². The lowest BCUT2D eigenvalue weighted by atomic mass is 10.1. The van der Waals surface area contributed by atoms with E-state index in [1.807, 2.05) is 6.92 Å². The summed E-state index contributed by atoms with van der Waals surface area (Å²) in [6.45, 7) is 1.88. The molecule has 0 saturated heterocycles. The van der Waals surface area contributed by atoms with E-state index in [0.717, 1.165) is 5.56 Å². The number of ether oxygens (including phenoxy) is 4. The van der Waals surface area contributed by atoms with Crippen LogP contribution in [0.3, 0.4) is 0 Å². The Morgan fingerprint density at radius 2 is 1.59 bits per heavy atom. The van der Waals surface area contributed by atoms with E-state index in [2.05, 4.69) is 10.5 Å². The van der Waals surface area contributed by atoms with E-state index in [1.54, 1.807) is 42.5 Å². The molecule has 3 rings (SSSR count). The van der Waals surface area contributed by atoms with Gasteiger partial charge in [-0.2, -0.15) is 5.10 Å². The van der Waals surface area contributed by atoms with E-state index in [-0.39, 0.29) is 11.3 Å². The second kappa shape index (κ2) is 11.2. The lowest BCUT2D eigenvalue weighted by molar-refractivity contribution is 0.0733. The third-order valence-electron chi connectivity index (χ3n) is 4.76. The van der Waals surface area contributed by atoms with Crippen molar-refractivity contribution in [2.45, 2.75) is 6.92 Å². The molecule has 8 nitrogen and oxygen atoms in total. The summed E-state index contributed by atoms with van der Waals surface area (Å²) in [6, 6.07) is 14.8. The van der Waals surface area contributed by atoms with Gasteiger partial charge >= 0.3 is 5.97 Å². The monoisotopic (exact) mass is 482 g/mol. The van der Waals surface area contributed by atoms with Crippen LogP contribution in [0.1, 0.15) is 31.8 Å². The molecule has 0 radical (unpaired) electrons. The number of hydrogen-bond donors (Lipinski definition) is 1. The molecule has 0 bridgehead atoms. The Morgan fingerprint density at radius 3 is 2.21 bits per heavy atom. The number of nitrogens with one attached hydrogen (secondary N) is 1. The van der Waals surface area contributed by atoms with Crippen molar-refractivity contribution in [1.82, 2.24) is 5.43 Å². The van der Waals surface area contributed by atoms with Crippen LogP contribution in [0.4, 0.5) is 0 Å². The molecule has 0 aromatic heterocycles. The van der Waals surface area contributed by atoms with Gasteiger partial charge in [-0.15, -0.1) is 0 Å². The highest BCUT2D eigenvalue weighted by Crippen LogP contribution is 2.38. The third-order valence-corrected chi connectivity index (χ3v) is 5.07. The fraction of sp³-hybridized carbons (Fsp3) is 0.160. The number of carbonyl (C=O) groups excluding carboxylic acids is 2. The van der Waals surface area contributed by atoms with E-state index < -0.39 is 11.9 Å². The Balaban J connectivity index is 1.78. The Labute approximate surface area is 202 Å². The number of halogens is 1. The topological polar surface area (TPSA) is 95.5 Å². The van der Waals surface area contributed by atoms with Crippen molar-refractivity contribution in [3.63, 3.8) is 0 Å². The van der Waals surface area contributed by atoms with Crippen molar-refractivity contribution >= 4 is 29.7 Å². The first-order valence-corrected chi connectivity index (χ1v) is 10.5. The molecule has 0 aliphatic rings. The fourth-order valence-corrected chi connectivity index (χ4v) is 3.38. The van der Waals surface area contributed by atoms with E-state index in [4.69, 9.17) is 30.5 Å². The zero-order valence-electron chi connectivity index (χ0n) is 19.0. The zero-order valence-corrected chi connectivity index (χ0v) is 19.8. The minimum Gasteiger partial charge on any atom is -0.493 e. The van der Waals surface area contributed by atoms with Crippen molar-refractivity contribution in [2.75, 3.05) is 21.3 Å². The first kappa shape index (κ1) is 24.6. The number of amides is 1. The van der Waals surface area contributed by atoms with Gasteiger partial charge in [-0.1, -0.05) is 29.8 Å². The zero-order chi connectivity index (χ0) is 24.7. The minimum absolute atomic E-state index is 0.198. The number of rotatable bonds is 8. The number of nitrogens with zero attached hydrogens (tertiary/aromatic N) is 1. The normalized spacial score (nSPS) is 10.6. The molecule has 0 aliphatic heterocycles. The molecule has 9 heteroatoms. The second-order valence-corrected chi connectivity index (χ2v) is 7.43. The number of para-hydroxylation sites is 1. The van der Waals surface area contributed by atoms with Gasteiger partial charge in [0.05, 0.1) is 43.7 Å². The molecule has 0 saturated carbocycles. The van der Waals surface area contributed by atoms with Gasteiger partial charge in [-0.25, -0.2) is 10.2 Å². The predicted octanol–water partition coefficient (Wildman–Crippen LogP) is 4.66. The van der Waals surface area contributed by atoms with Crippen molar-refractivity contribution in [1.29, 1.82) is 0 Å². The second-order valence-electron chi connectivity index (χ2n) is 7.02. The maximum Gasteiger partial charge on any atom is 0.343 e. The van der Waals surface area contributed by atoms with Crippen molar-refractivity contribution in [2.24, 2.45) is 5.10 Å². The molecule has 0 spiro atoms. The van der Waals surface area contributed by atoms with Crippen LogP contribution in [0.2, 0.25) is 5.02 Å². The number of carbonyl (C=O) groups is 2. The molecule has 1 amide bonds. The van der Waals surface area contributed by atoms with Crippen LogP contribution in [0, 0.1) is 6.92 Å². The lowest BCUT2D eigenvalue weighted by Crippen LogP contribution is -2.18. The Hall–Kier alpha value is -4.04. The highest BCUT2D eigenvalue weighted by Gasteiger charge is 2.19. The van der Waals surface area contributed by atoms with Crippen molar-refractivity contribution in [3.8, 4) is 23.0 Å². The molecule has 0 unspecified atom stereocenters. The fourth-order valence-electron chi connectivity index (χ4n) is 3.06. The molecule has 3 aromatic rings. The van der Waals surface area contributed by atoms with Gasteiger partial charge in [0.1, 0.15) is 5.75 Å².